The van der Waals surface area contributed by atoms with Crippen molar-refractivity contribution in [3.63, 3.8) is 0 Å². The van der Waals surface area contributed by atoms with E-state index < -0.39 is 52.5 Å². The van der Waals surface area contributed by atoms with E-state index in [9.17, 15) is 35.2 Å². The van der Waals surface area contributed by atoms with Crippen molar-refractivity contribution < 1.29 is 35.2 Å². The zero-order valence-corrected chi connectivity index (χ0v) is 21.0. The van der Waals surface area contributed by atoms with Gasteiger partial charge in [0, 0.05) is 60.8 Å². The predicted molar refractivity (Wildman–Crippen MR) is 128 cm³/mol. The Labute approximate surface area is 220 Å². The molecule has 1 aliphatic heterocycles. The number of halogens is 5. The van der Waals surface area contributed by atoms with Crippen LogP contribution in [0.25, 0.3) is 11.1 Å². The Hall–Kier alpha value is -3.52. The number of alkyl halides is 4. The molecule has 3 heterocycles. The maximum atomic E-state index is 14.3. The van der Waals surface area contributed by atoms with E-state index >= 15 is 0 Å². The van der Waals surface area contributed by atoms with Crippen molar-refractivity contribution in [3.8, 4) is 11.1 Å². The Morgan fingerprint density at radius 3 is 2.28 bits per heavy atom. The lowest BCUT2D eigenvalue weighted by molar-refractivity contribution is -0.145. The highest BCUT2D eigenvalue weighted by Gasteiger charge is 2.44. The minimum atomic E-state index is -4.68. The molecule has 0 spiro atoms. The van der Waals surface area contributed by atoms with Gasteiger partial charge in [0.1, 0.15) is 18.0 Å². The van der Waals surface area contributed by atoms with Gasteiger partial charge in [-0.3, -0.25) is 9.78 Å². The summed E-state index contributed by atoms with van der Waals surface area (Å²) in [4.78, 5) is 24.0. The first kappa shape index (κ1) is 27.1. The molecule has 5 rings (SSSR count). The van der Waals surface area contributed by atoms with E-state index in [1.807, 2.05) is 0 Å². The quantitative estimate of drug-likeness (QED) is 0.433. The minimum Gasteiger partial charge on any atom is -0.351 e. The van der Waals surface area contributed by atoms with Crippen LogP contribution in [0.5, 0.6) is 0 Å². The lowest BCUT2D eigenvalue weighted by atomic mass is 10.0. The maximum absolute atomic E-state index is 14.3. The molecule has 2 aliphatic rings. The highest BCUT2D eigenvalue weighted by molar-refractivity contribution is 7.89. The largest absolute Gasteiger partial charge is 0.451 e. The Morgan fingerprint density at radius 1 is 1.03 bits per heavy atom. The van der Waals surface area contributed by atoms with Crippen molar-refractivity contribution in [2.75, 3.05) is 6.54 Å². The first-order valence-corrected chi connectivity index (χ1v) is 13.4. The van der Waals surface area contributed by atoms with Crippen molar-refractivity contribution in [1.82, 2.24) is 24.6 Å². The van der Waals surface area contributed by atoms with E-state index in [2.05, 4.69) is 20.3 Å². The lowest BCUT2D eigenvalue weighted by Crippen LogP contribution is -2.45. The van der Waals surface area contributed by atoms with Gasteiger partial charge in [-0.05, 0) is 48.7 Å². The van der Waals surface area contributed by atoms with Gasteiger partial charge >= 0.3 is 6.18 Å². The summed E-state index contributed by atoms with van der Waals surface area (Å²) in [6.45, 7) is -0.582. The average molecular weight is 568 g/mol. The summed E-state index contributed by atoms with van der Waals surface area (Å²) >= 11 is 0. The van der Waals surface area contributed by atoms with Gasteiger partial charge in [0.2, 0.25) is 21.8 Å². The van der Waals surface area contributed by atoms with E-state index in [1.165, 1.54) is 6.20 Å². The number of nitrogens with zero attached hydrogens (tertiary/aromatic N) is 4. The fourth-order valence-corrected chi connectivity index (χ4v) is 6.10. The highest BCUT2D eigenvalue weighted by atomic mass is 32.2. The molecule has 0 unspecified atom stereocenters. The Balaban J connectivity index is 1.35. The normalized spacial score (nSPS) is 20.2. The molecule has 0 radical (unpaired) electrons. The van der Waals surface area contributed by atoms with Gasteiger partial charge in [-0.25, -0.2) is 27.2 Å². The summed E-state index contributed by atoms with van der Waals surface area (Å²) in [5.41, 5.74) is 2.02. The third kappa shape index (κ3) is 5.76. The van der Waals surface area contributed by atoms with Crippen LogP contribution in [0.1, 0.15) is 42.3 Å². The summed E-state index contributed by atoms with van der Waals surface area (Å²) in [5.74, 6) is -2.47. The zero-order chi connectivity index (χ0) is 27.9. The molecule has 1 aliphatic carbocycles. The molecule has 2 fully saturated rings. The molecule has 1 amide bonds. The SMILES string of the molecule is O=C(NCc1cc(-c2cnc(C(F)(F)F)nc2)cnc1C1CC1)[C@@H]1C[C@@H](F)CN1S(=O)(=O)c1ccc(F)cc1. The monoisotopic (exact) mass is 567 g/mol. The van der Waals surface area contributed by atoms with Crippen LogP contribution in [-0.4, -0.2) is 52.3 Å². The van der Waals surface area contributed by atoms with Gasteiger partial charge in [-0.2, -0.15) is 17.5 Å². The molecule has 1 saturated heterocycles. The van der Waals surface area contributed by atoms with Crippen LogP contribution in [0, 0.1) is 5.82 Å². The molecule has 1 saturated carbocycles. The van der Waals surface area contributed by atoms with Crippen LogP contribution in [0.15, 0.2) is 53.8 Å². The van der Waals surface area contributed by atoms with Crippen molar-refractivity contribution >= 4 is 15.9 Å². The van der Waals surface area contributed by atoms with Crippen LogP contribution in [0.2, 0.25) is 0 Å². The Morgan fingerprint density at radius 2 is 1.67 bits per heavy atom. The van der Waals surface area contributed by atoms with Gasteiger partial charge in [-0.1, -0.05) is 0 Å². The van der Waals surface area contributed by atoms with E-state index in [0.29, 0.717) is 16.8 Å². The molecule has 2 aromatic heterocycles. The molecule has 206 valence electrons. The van der Waals surface area contributed by atoms with Crippen LogP contribution in [0.4, 0.5) is 22.0 Å². The van der Waals surface area contributed by atoms with Crippen molar-refractivity contribution in [1.29, 1.82) is 0 Å². The van der Waals surface area contributed by atoms with E-state index in [0.717, 1.165) is 53.8 Å². The van der Waals surface area contributed by atoms with Crippen LogP contribution in [0.3, 0.4) is 0 Å². The number of aromatic nitrogens is 3. The molecular weight excluding hydrogens is 545 g/mol. The molecule has 1 aromatic carbocycles. The van der Waals surface area contributed by atoms with Crippen LogP contribution < -0.4 is 5.32 Å². The molecule has 8 nitrogen and oxygen atoms in total. The fourth-order valence-electron chi connectivity index (χ4n) is 4.47. The predicted octanol–water partition coefficient (Wildman–Crippen LogP) is 3.99. The van der Waals surface area contributed by atoms with Gasteiger partial charge in [-0.15, -0.1) is 0 Å². The number of amides is 1. The molecule has 39 heavy (non-hydrogen) atoms. The van der Waals surface area contributed by atoms with Crippen molar-refractivity contribution in [2.45, 2.75) is 55.0 Å². The summed E-state index contributed by atoms with van der Waals surface area (Å²) in [7, 11) is -4.27. The molecule has 2 atom stereocenters. The number of rotatable bonds is 7. The molecule has 1 N–H and O–H groups in total. The molecule has 14 heteroatoms. The number of carbonyl (C=O) groups excluding carboxylic acids is 1. The number of hydrogen-bond donors (Lipinski definition) is 1. The standard InChI is InChI=1S/C25H22F5N5O3S/c26-18-3-5-20(6-4-18)39(37,38)35-13-19(27)8-21(35)23(36)32-10-16-7-15(9-31-22(16)14-1-2-14)17-11-33-24(34-12-17)25(28,29)30/h3-7,9,11-12,14,19,21H,1-2,8,10,13H2,(H,32,36)/t19-,21+/m1/s1. The number of benzene rings is 1. The van der Waals surface area contributed by atoms with E-state index in [-0.39, 0.29) is 29.3 Å². The van der Waals surface area contributed by atoms with Gasteiger partial charge in [0.15, 0.2) is 0 Å². The van der Waals surface area contributed by atoms with Crippen LogP contribution in [-0.2, 0) is 27.5 Å². The van der Waals surface area contributed by atoms with Gasteiger partial charge in [0.05, 0.1) is 4.90 Å². The minimum absolute atomic E-state index is 0.0646. The maximum Gasteiger partial charge on any atom is 0.451 e. The Bertz CT molecular complexity index is 1480. The number of sulfonamides is 1. The number of pyridine rings is 1. The molecular formula is C25H22F5N5O3S. The van der Waals surface area contributed by atoms with Gasteiger partial charge < -0.3 is 5.32 Å². The number of hydrogen-bond acceptors (Lipinski definition) is 6. The molecule has 0 bridgehead atoms. The third-order valence-electron chi connectivity index (χ3n) is 6.58. The summed E-state index contributed by atoms with van der Waals surface area (Å²) < 4.78 is 93.0. The fraction of sp³-hybridized carbons (Fsp3) is 0.360. The highest BCUT2D eigenvalue weighted by Crippen LogP contribution is 2.41. The van der Waals surface area contributed by atoms with Crippen molar-refractivity contribution in [3.05, 3.63) is 71.8 Å². The second-order valence-corrected chi connectivity index (χ2v) is 11.3. The zero-order valence-electron chi connectivity index (χ0n) is 20.2. The van der Waals surface area contributed by atoms with Crippen LogP contribution >= 0.6 is 0 Å². The van der Waals surface area contributed by atoms with E-state index in [1.54, 1.807) is 6.07 Å². The second-order valence-electron chi connectivity index (χ2n) is 9.43. The number of nitrogens with one attached hydrogen (secondary N) is 1. The average Bonchev–Trinajstić information content (AvgIpc) is 3.67. The second kappa shape index (κ2) is 10.2. The van der Waals surface area contributed by atoms with Gasteiger partial charge in [0.25, 0.3) is 0 Å². The summed E-state index contributed by atoms with van der Waals surface area (Å²) in [6, 6.07) is 4.37. The first-order valence-electron chi connectivity index (χ1n) is 12.0. The third-order valence-corrected chi connectivity index (χ3v) is 8.47. The summed E-state index contributed by atoms with van der Waals surface area (Å²) in [6.07, 6.45) is -1.27. The summed E-state index contributed by atoms with van der Waals surface area (Å²) in [5, 5.41) is 2.66. The first-order chi connectivity index (χ1) is 18.4. The van der Waals surface area contributed by atoms with Crippen molar-refractivity contribution in [2.24, 2.45) is 0 Å². The topological polar surface area (TPSA) is 105 Å². The number of carbonyl (C=O) groups is 1. The van der Waals surface area contributed by atoms with E-state index in [4.69, 9.17) is 0 Å². The lowest BCUT2D eigenvalue weighted by Gasteiger charge is -2.23. The Kier molecular flexibility index (Phi) is 7.10. The smallest absolute Gasteiger partial charge is 0.351 e. The molecule has 3 aromatic rings.